The Morgan fingerprint density at radius 1 is 1.00 bits per heavy atom. The van der Waals surface area contributed by atoms with E-state index >= 15 is 0 Å². The van der Waals surface area contributed by atoms with Crippen molar-refractivity contribution in [3.8, 4) is 0 Å². The van der Waals surface area contributed by atoms with E-state index in [1.807, 2.05) is 63.2 Å². The minimum Gasteiger partial charge on any atom is -0.324 e. The molecule has 1 N–H and O–H groups in total. The van der Waals surface area contributed by atoms with E-state index in [4.69, 9.17) is 0 Å². The molecule has 1 aliphatic heterocycles. The van der Waals surface area contributed by atoms with Gasteiger partial charge in [-0.15, -0.1) is 11.8 Å². The summed E-state index contributed by atoms with van der Waals surface area (Å²) in [6.07, 6.45) is 0.346. The average molecular weight is 431 g/mol. The molecule has 0 radical (unpaired) electrons. The summed E-state index contributed by atoms with van der Waals surface area (Å²) in [6, 6.07) is 22.0. The fourth-order valence-electron chi connectivity index (χ4n) is 4.10. The lowest BCUT2D eigenvalue weighted by molar-refractivity contribution is -0.121. The van der Waals surface area contributed by atoms with Crippen LogP contribution in [-0.2, 0) is 9.59 Å². The van der Waals surface area contributed by atoms with E-state index in [0.717, 1.165) is 38.5 Å². The first-order valence-corrected chi connectivity index (χ1v) is 11.3. The molecule has 2 amide bonds. The minimum absolute atomic E-state index is 0.00925. The summed E-state index contributed by atoms with van der Waals surface area (Å²) in [5, 5.41) is 3.05. The SMILES string of the molecule is Cc1cc(C)c(NC(=O)CN2C(=O)C[C@@H](c3ccccc3)Sc3ccccc32)c(C)c1. The lowest BCUT2D eigenvalue weighted by Crippen LogP contribution is -2.38. The number of nitrogens with one attached hydrogen (secondary N) is 1. The lowest BCUT2D eigenvalue weighted by Gasteiger charge is -2.23. The van der Waals surface area contributed by atoms with Crippen molar-refractivity contribution in [3.63, 3.8) is 0 Å². The Balaban J connectivity index is 1.60. The lowest BCUT2D eigenvalue weighted by atomic mass is 10.1. The van der Waals surface area contributed by atoms with Gasteiger partial charge in [0.15, 0.2) is 0 Å². The number of hydrogen-bond acceptors (Lipinski definition) is 3. The fourth-order valence-corrected chi connectivity index (χ4v) is 5.39. The number of amides is 2. The predicted molar refractivity (Wildman–Crippen MR) is 128 cm³/mol. The second kappa shape index (κ2) is 8.98. The van der Waals surface area contributed by atoms with Gasteiger partial charge in [0.05, 0.1) is 5.69 Å². The van der Waals surface area contributed by atoms with Crippen molar-refractivity contribution in [1.82, 2.24) is 0 Å². The van der Waals surface area contributed by atoms with Gasteiger partial charge in [0.1, 0.15) is 6.54 Å². The summed E-state index contributed by atoms with van der Waals surface area (Å²) in [6.45, 7) is 6.01. The molecule has 4 rings (SSSR count). The van der Waals surface area contributed by atoms with Crippen molar-refractivity contribution in [2.24, 2.45) is 0 Å². The molecule has 4 nitrogen and oxygen atoms in total. The zero-order chi connectivity index (χ0) is 22.0. The van der Waals surface area contributed by atoms with Crippen molar-refractivity contribution >= 4 is 35.0 Å². The van der Waals surface area contributed by atoms with E-state index in [9.17, 15) is 9.59 Å². The Kier molecular flexibility index (Phi) is 6.14. The van der Waals surface area contributed by atoms with Crippen molar-refractivity contribution < 1.29 is 9.59 Å². The molecule has 3 aromatic carbocycles. The van der Waals surface area contributed by atoms with Gasteiger partial charge in [-0.1, -0.05) is 60.2 Å². The van der Waals surface area contributed by atoms with Crippen molar-refractivity contribution in [2.45, 2.75) is 37.3 Å². The van der Waals surface area contributed by atoms with Crippen LogP contribution in [0.4, 0.5) is 11.4 Å². The Hall–Kier alpha value is -3.05. The maximum absolute atomic E-state index is 13.3. The van der Waals surface area contributed by atoms with Gasteiger partial charge in [0.25, 0.3) is 0 Å². The van der Waals surface area contributed by atoms with Gasteiger partial charge in [-0.25, -0.2) is 0 Å². The van der Waals surface area contributed by atoms with Gasteiger partial charge in [-0.3, -0.25) is 9.59 Å². The van der Waals surface area contributed by atoms with Crippen molar-refractivity contribution in [1.29, 1.82) is 0 Å². The quantitative estimate of drug-likeness (QED) is 0.567. The molecule has 0 aromatic heterocycles. The summed E-state index contributed by atoms with van der Waals surface area (Å²) >= 11 is 1.68. The number of fused-ring (bicyclic) bond motifs is 1. The first kappa shape index (κ1) is 21.2. The summed E-state index contributed by atoms with van der Waals surface area (Å²) in [5.41, 5.74) is 5.94. The summed E-state index contributed by atoms with van der Waals surface area (Å²) in [5.74, 6) is -0.236. The van der Waals surface area contributed by atoms with Crippen LogP contribution in [-0.4, -0.2) is 18.4 Å². The number of benzene rings is 3. The highest BCUT2D eigenvalue weighted by Gasteiger charge is 2.30. The molecule has 3 aromatic rings. The van der Waals surface area contributed by atoms with Crippen LogP contribution in [0.1, 0.15) is 33.9 Å². The smallest absolute Gasteiger partial charge is 0.244 e. The number of rotatable bonds is 4. The topological polar surface area (TPSA) is 49.4 Å². The first-order valence-electron chi connectivity index (χ1n) is 10.4. The molecule has 158 valence electrons. The average Bonchev–Trinajstić information content (AvgIpc) is 2.88. The molecule has 1 atom stereocenters. The molecule has 0 saturated heterocycles. The molecule has 0 bridgehead atoms. The third-order valence-electron chi connectivity index (χ3n) is 5.50. The predicted octanol–water partition coefficient (Wildman–Crippen LogP) is 5.82. The van der Waals surface area contributed by atoms with E-state index in [1.54, 1.807) is 16.7 Å². The monoisotopic (exact) mass is 430 g/mol. The zero-order valence-electron chi connectivity index (χ0n) is 18.0. The highest BCUT2D eigenvalue weighted by Crippen LogP contribution is 2.45. The zero-order valence-corrected chi connectivity index (χ0v) is 18.8. The normalized spacial score (nSPS) is 15.9. The maximum atomic E-state index is 13.3. The van der Waals surface area contributed by atoms with Crippen LogP contribution in [0.25, 0.3) is 0 Å². The number of carbonyl (C=O) groups excluding carboxylic acids is 2. The van der Waals surface area contributed by atoms with Gasteiger partial charge in [-0.2, -0.15) is 0 Å². The number of para-hydroxylation sites is 1. The maximum Gasteiger partial charge on any atom is 0.244 e. The van der Waals surface area contributed by atoms with E-state index in [-0.39, 0.29) is 23.6 Å². The molecule has 5 heteroatoms. The number of thioether (sulfide) groups is 1. The third kappa shape index (κ3) is 4.67. The van der Waals surface area contributed by atoms with Gasteiger partial charge < -0.3 is 10.2 Å². The Labute approximate surface area is 187 Å². The van der Waals surface area contributed by atoms with E-state index in [2.05, 4.69) is 29.6 Å². The van der Waals surface area contributed by atoms with E-state index in [0.29, 0.717) is 6.42 Å². The second-order valence-electron chi connectivity index (χ2n) is 7.99. The Bertz CT molecular complexity index is 1100. The highest BCUT2D eigenvalue weighted by atomic mass is 32.2. The summed E-state index contributed by atoms with van der Waals surface area (Å²) in [7, 11) is 0. The molecule has 31 heavy (non-hydrogen) atoms. The minimum atomic E-state index is -0.193. The number of nitrogens with zero attached hydrogens (tertiary/aromatic N) is 1. The van der Waals surface area contributed by atoms with E-state index in [1.165, 1.54) is 0 Å². The highest BCUT2D eigenvalue weighted by molar-refractivity contribution is 7.99. The number of aryl methyl sites for hydroxylation is 3. The standard InChI is InChI=1S/C26H26N2O2S/c1-17-13-18(2)26(19(3)14-17)27-24(29)16-28-21-11-7-8-12-22(21)31-23(15-25(28)30)20-9-5-4-6-10-20/h4-14,23H,15-16H2,1-3H3,(H,27,29)/t23-/m0/s1. The van der Waals surface area contributed by atoms with Gasteiger partial charge >= 0.3 is 0 Å². The molecule has 1 heterocycles. The number of hydrogen-bond donors (Lipinski definition) is 1. The van der Waals surface area contributed by atoms with Gasteiger partial charge in [0, 0.05) is 22.3 Å². The molecule has 0 spiro atoms. The van der Waals surface area contributed by atoms with Gasteiger partial charge in [-0.05, 0) is 49.6 Å². The van der Waals surface area contributed by atoms with Crippen LogP contribution < -0.4 is 10.2 Å². The fraction of sp³-hybridized carbons (Fsp3) is 0.231. The molecular formula is C26H26N2O2S. The third-order valence-corrected chi connectivity index (χ3v) is 6.82. The molecule has 0 fully saturated rings. The summed E-state index contributed by atoms with van der Waals surface area (Å²) in [4.78, 5) is 28.9. The number of anilines is 2. The Morgan fingerprint density at radius 2 is 1.65 bits per heavy atom. The van der Waals surface area contributed by atoms with Crippen LogP contribution >= 0.6 is 11.8 Å². The molecule has 1 aliphatic rings. The molecular weight excluding hydrogens is 404 g/mol. The van der Waals surface area contributed by atoms with Crippen LogP contribution in [0, 0.1) is 20.8 Å². The van der Waals surface area contributed by atoms with Crippen LogP contribution in [0.3, 0.4) is 0 Å². The van der Waals surface area contributed by atoms with E-state index < -0.39 is 0 Å². The molecule has 0 aliphatic carbocycles. The van der Waals surface area contributed by atoms with Crippen LogP contribution in [0.2, 0.25) is 0 Å². The van der Waals surface area contributed by atoms with Crippen molar-refractivity contribution in [3.05, 3.63) is 89.0 Å². The largest absolute Gasteiger partial charge is 0.324 e. The Morgan fingerprint density at radius 3 is 2.35 bits per heavy atom. The molecule has 0 saturated carbocycles. The number of carbonyl (C=O) groups is 2. The first-order chi connectivity index (χ1) is 14.9. The van der Waals surface area contributed by atoms with Gasteiger partial charge in [0.2, 0.25) is 11.8 Å². The van der Waals surface area contributed by atoms with Crippen molar-refractivity contribution in [2.75, 3.05) is 16.8 Å². The summed E-state index contributed by atoms with van der Waals surface area (Å²) < 4.78 is 0. The van der Waals surface area contributed by atoms with Crippen LogP contribution in [0.5, 0.6) is 0 Å². The van der Waals surface area contributed by atoms with Crippen LogP contribution in [0.15, 0.2) is 71.6 Å². The second-order valence-corrected chi connectivity index (χ2v) is 9.24. The molecule has 0 unspecified atom stereocenters.